The van der Waals surface area contributed by atoms with Gasteiger partial charge in [-0.1, -0.05) is 12.1 Å². The summed E-state index contributed by atoms with van der Waals surface area (Å²) in [4.78, 5) is 13.8. The monoisotopic (exact) mass is 279 g/mol. The summed E-state index contributed by atoms with van der Waals surface area (Å²) in [6.07, 6.45) is 6.51. The second kappa shape index (κ2) is 4.84. The first-order chi connectivity index (χ1) is 10.4. The molecule has 1 aliphatic rings. The van der Waals surface area contributed by atoms with Gasteiger partial charge in [-0.05, 0) is 37.8 Å². The largest absolute Gasteiger partial charge is 0.357 e. The zero-order chi connectivity index (χ0) is 14.2. The average Bonchev–Trinajstić information content (AvgIpc) is 2.97. The molecule has 106 valence electrons. The van der Waals surface area contributed by atoms with Crippen molar-refractivity contribution in [2.24, 2.45) is 0 Å². The minimum atomic E-state index is 0.641. The maximum atomic E-state index is 4.67. The Bertz CT molecular complexity index is 806. The Kier molecular flexibility index (Phi) is 2.84. The van der Waals surface area contributed by atoms with Crippen LogP contribution >= 0.6 is 0 Å². The van der Waals surface area contributed by atoms with Crippen LogP contribution in [0, 0.1) is 0 Å². The zero-order valence-electron chi connectivity index (χ0n) is 12.0. The van der Waals surface area contributed by atoms with Crippen molar-refractivity contribution >= 4 is 16.9 Å². The highest BCUT2D eigenvalue weighted by Crippen LogP contribution is 2.26. The molecule has 5 nitrogen and oxygen atoms in total. The molecule has 0 saturated heterocycles. The topological polar surface area (TPSA) is 55.6 Å². The van der Waals surface area contributed by atoms with Gasteiger partial charge in [0.1, 0.15) is 6.33 Å². The van der Waals surface area contributed by atoms with E-state index in [-0.39, 0.29) is 0 Å². The zero-order valence-corrected chi connectivity index (χ0v) is 12.0. The number of benzene rings is 1. The highest BCUT2D eigenvalue weighted by molar-refractivity contribution is 5.86. The minimum absolute atomic E-state index is 0.641. The number of aromatic nitrogens is 4. The Hall–Kier alpha value is -2.43. The number of hydrogen-bond acceptors (Lipinski definition) is 4. The number of imidazole rings is 1. The first-order valence-electron chi connectivity index (χ1n) is 7.37. The standard InChI is InChI=1S/C16H17N5/c1-17-16-19-12-7-3-2-6-11(12)15(20-16)21-10-18-13-8-4-5-9-14(13)21/h2-3,6-7,10H,4-5,8-9H2,1H3,(H,17,19,20). The van der Waals surface area contributed by atoms with Crippen LogP contribution in [0.5, 0.6) is 0 Å². The summed E-state index contributed by atoms with van der Waals surface area (Å²) in [6.45, 7) is 0. The Morgan fingerprint density at radius 1 is 1.10 bits per heavy atom. The molecule has 0 fully saturated rings. The van der Waals surface area contributed by atoms with Crippen LogP contribution < -0.4 is 5.32 Å². The summed E-state index contributed by atoms with van der Waals surface area (Å²) in [5, 5.41) is 4.10. The summed E-state index contributed by atoms with van der Waals surface area (Å²) in [6, 6.07) is 8.11. The number of nitrogens with zero attached hydrogens (tertiary/aromatic N) is 4. The van der Waals surface area contributed by atoms with E-state index in [1.54, 1.807) is 0 Å². The molecule has 1 aromatic carbocycles. The lowest BCUT2D eigenvalue weighted by atomic mass is 10.0. The lowest BCUT2D eigenvalue weighted by molar-refractivity contribution is 0.654. The highest BCUT2D eigenvalue weighted by Gasteiger charge is 2.18. The Labute approximate surface area is 123 Å². The summed E-state index contributed by atoms with van der Waals surface area (Å²) in [5.41, 5.74) is 3.47. The molecule has 0 unspecified atom stereocenters. The molecule has 5 heteroatoms. The van der Waals surface area contributed by atoms with E-state index in [4.69, 9.17) is 0 Å². The third-order valence-corrected chi connectivity index (χ3v) is 4.07. The van der Waals surface area contributed by atoms with Gasteiger partial charge >= 0.3 is 0 Å². The van der Waals surface area contributed by atoms with Gasteiger partial charge in [-0.25, -0.2) is 9.97 Å². The third kappa shape index (κ3) is 1.96. The van der Waals surface area contributed by atoms with E-state index in [0.29, 0.717) is 5.95 Å². The Morgan fingerprint density at radius 2 is 1.95 bits per heavy atom. The van der Waals surface area contributed by atoms with Gasteiger partial charge in [0.25, 0.3) is 0 Å². The van der Waals surface area contributed by atoms with Crippen molar-refractivity contribution in [2.75, 3.05) is 12.4 Å². The van der Waals surface area contributed by atoms with Crippen LogP contribution in [0.4, 0.5) is 5.95 Å². The summed E-state index contributed by atoms with van der Waals surface area (Å²) in [7, 11) is 1.84. The average molecular weight is 279 g/mol. The smallest absolute Gasteiger partial charge is 0.224 e. The van der Waals surface area contributed by atoms with E-state index < -0.39 is 0 Å². The van der Waals surface area contributed by atoms with Gasteiger partial charge in [0.15, 0.2) is 5.82 Å². The molecule has 0 saturated carbocycles. The molecule has 3 aromatic rings. The minimum Gasteiger partial charge on any atom is -0.357 e. The van der Waals surface area contributed by atoms with Crippen molar-refractivity contribution in [1.82, 2.24) is 19.5 Å². The van der Waals surface area contributed by atoms with Crippen LogP contribution in [0.25, 0.3) is 16.7 Å². The number of hydrogen-bond donors (Lipinski definition) is 1. The SMILES string of the molecule is CNc1nc(-n2cnc3c2CCCC3)c2ccccc2n1. The van der Waals surface area contributed by atoms with E-state index in [9.17, 15) is 0 Å². The molecule has 2 heterocycles. The summed E-state index contributed by atoms with van der Waals surface area (Å²) < 4.78 is 2.14. The van der Waals surface area contributed by atoms with Crippen molar-refractivity contribution in [2.45, 2.75) is 25.7 Å². The van der Waals surface area contributed by atoms with Crippen LogP contribution in [0.1, 0.15) is 24.2 Å². The van der Waals surface area contributed by atoms with E-state index >= 15 is 0 Å². The first kappa shape index (κ1) is 12.3. The molecule has 0 radical (unpaired) electrons. The van der Waals surface area contributed by atoms with Crippen LogP contribution in [0.3, 0.4) is 0 Å². The Morgan fingerprint density at radius 3 is 2.86 bits per heavy atom. The fraction of sp³-hybridized carbons (Fsp3) is 0.312. The van der Waals surface area contributed by atoms with Crippen molar-refractivity contribution in [3.05, 3.63) is 42.0 Å². The first-order valence-corrected chi connectivity index (χ1v) is 7.37. The molecule has 4 rings (SSSR count). The van der Waals surface area contributed by atoms with Gasteiger partial charge in [0.05, 0.1) is 11.2 Å². The summed E-state index contributed by atoms with van der Waals surface area (Å²) in [5.74, 6) is 1.56. The molecule has 0 atom stereocenters. The second-order valence-corrected chi connectivity index (χ2v) is 5.35. The van der Waals surface area contributed by atoms with E-state index in [2.05, 4.69) is 30.9 Å². The fourth-order valence-corrected chi connectivity index (χ4v) is 3.01. The highest BCUT2D eigenvalue weighted by atomic mass is 15.2. The van der Waals surface area contributed by atoms with Crippen molar-refractivity contribution in [3.8, 4) is 5.82 Å². The van der Waals surface area contributed by atoms with Crippen LogP contribution in [-0.4, -0.2) is 26.6 Å². The maximum Gasteiger partial charge on any atom is 0.224 e. The quantitative estimate of drug-likeness (QED) is 0.783. The molecule has 2 aromatic heterocycles. The predicted molar refractivity (Wildman–Crippen MR) is 82.8 cm³/mol. The van der Waals surface area contributed by atoms with Crippen LogP contribution in [0.2, 0.25) is 0 Å². The lowest BCUT2D eigenvalue weighted by Crippen LogP contribution is -2.10. The lowest BCUT2D eigenvalue weighted by Gasteiger charge is -2.15. The van der Waals surface area contributed by atoms with Gasteiger partial charge in [0.2, 0.25) is 5.95 Å². The van der Waals surface area contributed by atoms with Gasteiger partial charge in [-0.3, -0.25) is 4.57 Å². The molecular formula is C16H17N5. The van der Waals surface area contributed by atoms with Crippen molar-refractivity contribution in [1.29, 1.82) is 0 Å². The molecule has 0 aliphatic heterocycles. The normalized spacial score (nSPS) is 14.1. The third-order valence-electron chi connectivity index (χ3n) is 4.07. The predicted octanol–water partition coefficient (Wildman–Crippen LogP) is 2.74. The van der Waals surface area contributed by atoms with E-state index in [1.807, 2.05) is 31.6 Å². The molecule has 0 spiro atoms. The number of anilines is 1. The van der Waals surface area contributed by atoms with Crippen molar-refractivity contribution in [3.63, 3.8) is 0 Å². The van der Waals surface area contributed by atoms with Gasteiger partial charge in [0, 0.05) is 18.1 Å². The molecule has 0 amide bonds. The second-order valence-electron chi connectivity index (χ2n) is 5.35. The number of rotatable bonds is 2. The molecule has 0 bridgehead atoms. The van der Waals surface area contributed by atoms with Gasteiger partial charge < -0.3 is 5.32 Å². The molecule has 1 N–H and O–H groups in total. The summed E-state index contributed by atoms with van der Waals surface area (Å²) >= 11 is 0. The van der Waals surface area contributed by atoms with E-state index in [1.165, 1.54) is 24.2 Å². The van der Waals surface area contributed by atoms with Crippen LogP contribution in [0.15, 0.2) is 30.6 Å². The van der Waals surface area contributed by atoms with Crippen LogP contribution in [-0.2, 0) is 12.8 Å². The van der Waals surface area contributed by atoms with E-state index in [0.717, 1.165) is 29.6 Å². The van der Waals surface area contributed by atoms with Gasteiger partial charge in [-0.15, -0.1) is 0 Å². The molecule has 21 heavy (non-hydrogen) atoms. The fourth-order valence-electron chi connectivity index (χ4n) is 3.01. The number of para-hydroxylation sites is 1. The maximum absolute atomic E-state index is 4.67. The number of aryl methyl sites for hydroxylation is 1. The number of nitrogens with one attached hydrogen (secondary N) is 1. The Balaban J connectivity index is 1.99. The van der Waals surface area contributed by atoms with Gasteiger partial charge in [-0.2, -0.15) is 4.98 Å². The van der Waals surface area contributed by atoms with Crippen molar-refractivity contribution < 1.29 is 0 Å². The number of fused-ring (bicyclic) bond motifs is 2. The molecular weight excluding hydrogens is 262 g/mol. The molecule has 1 aliphatic carbocycles.